The van der Waals surface area contributed by atoms with Crippen molar-refractivity contribution in [3.63, 3.8) is 0 Å². The number of nitrogens with zero attached hydrogens (tertiary/aromatic N) is 2. The number of benzene rings is 2. The van der Waals surface area contributed by atoms with Gasteiger partial charge in [-0.1, -0.05) is 23.7 Å². The number of sulfonamides is 1. The van der Waals surface area contributed by atoms with Gasteiger partial charge in [0.1, 0.15) is 0 Å². The first kappa shape index (κ1) is 24.6. The molecule has 2 saturated heterocycles. The fourth-order valence-corrected chi connectivity index (χ4v) is 5.18. The minimum Gasteiger partial charge on any atom is -0.284 e. The number of hydrogen-bond donors (Lipinski definition) is 1. The van der Waals surface area contributed by atoms with Crippen LogP contribution in [0.4, 0.5) is 13.2 Å². The Balaban J connectivity index is 1.55. The summed E-state index contributed by atoms with van der Waals surface area (Å²) in [4.78, 5) is 31.7. The largest absolute Gasteiger partial charge is 0.416 e. The third-order valence-corrected chi connectivity index (χ3v) is 7.47. The van der Waals surface area contributed by atoms with Crippen LogP contribution in [0, 0.1) is 5.92 Å². The van der Waals surface area contributed by atoms with Crippen LogP contribution >= 0.6 is 11.6 Å². The third kappa shape index (κ3) is 4.56. The second-order valence-corrected chi connectivity index (χ2v) is 10.0. The first-order chi connectivity index (χ1) is 15.9. The van der Waals surface area contributed by atoms with Crippen LogP contribution in [0.5, 0.6) is 0 Å². The second-order valence-electron chi connectivity index (χ2n) is 7.84. The smallest absolute Gasteiger partial charge is 0.284 e. The van der Waals surface area contributed by atoms with Crippen molar-refractivity contribution in [2.75, 3.05) is 20.1 Å². The van der Waals surface area contributed by atoms with Crippen LogP contribution in [-0.4, -0.2) is 56.4 Å². The van der Waals surface area contributed by atoms with Crippen molar-refractivity contribution in [2.24, 2.45) is 5.92 Å². The number of hydrogen-bond acceptors (Lipinski definition) is 6. The molecule has 1 unspecified atom stereocenters. The maximum atomic E-state index is 13.0. The maximum Gasteiger partial charge on any atom is 0.416 e. The lowest BCUT2D eigenvalue weighted by Gasteiger charge is -2.26. The van der Waals surface area contributed by atoms with E-state index in [1.165, 1.54) is 48.5 Å². The number of halogens is 4. The van der Waals surface area contributed by atoms with Gasteiger partial charge < -0.3 is 0 Å². The summed E-state index contributed by atoms with van der Waals surface area (Å²) in [5, 5.41) is 1.64. The van der Waals surface area contributed by atoms with E-state index in [1.807, 2.05) is 0 Å². The molecule has 2 heterocycles. The predicted octanol–water partition coefficient (Wildman–Crippen LogP) is 2.61. The molecule has 4 rings (SSSR count). The highest BCUT2D eigenvalue weighted by atomic mass is 35.5. The van der Waals surface area contributed by atoms with E-state index in [-0.39, 0.29) is 18.0 Å². The fourth-order valence-electron chi connectivity index (χ4n) is 4.03. The van der Waals surface area contributed by atoms with Gasteiger partial charge in [0.15, 0.2) is 6.10 Å². The molecule has 0 aliphatic carbocycles. The van der Waals surface area contributed by atoms with Crippen LogP contribution < -0.4 is 4.72 Å². The standard InChI is InChI=1S/C21H19ClF3N3O5S/c1-27-19(29)16-17(12-2-4-13(5-3-12)21(23,24)25)28(33-18(16)20(27)30)11-10-26-34(31,32)15-8-6-14(22)7-9-15/h2-9,16-18,26H,10-11H2,1H3/t16-,17?,18+/m0/s1. The Morgan fingerprint density at radius 1 is 1.03 bits per heavy atom. The van der Waals surface area contributed by atoms with E-state index in [0.29, 0.717) is 10.6 Å². The van der Waals surface area contributed by atoms with Crippen molar-refractivity contribution >= 4 is 33.4 Å². The maximum absolute atomic E-state index is 13.0. The minimum atomic E-state index is -4.54. The zero-order chi connectivity index (χ0) is 24.8. The van der Waals surface area contributed by atoms with E-state index in [0.717, 1.165) is 17.0 Å². The third-order valence-electron chi connectivity index (χ3n) is 5.74. The minimum absolute atomic E-state index is 0.0117. The molecule has 3 atom stereocenters. The quantitative estimate of drug-likeness (QED) is 0.592. The molecule has 13 heteroatoms. The molecule has 0 saturated carbocycles. The predicted molar refractivity (Wildman–Crippen MR) is 114 cm³/mol. The number of alkyl halides is 3. The van der Waals surface area contributed by atoms with Gasteiger partial charge in [-0.05, 0) is 42.0 Å². The van der Waals surface area contributed by atoms with Crippen molar-refractivity contribution in [3.8, 4) is 0 Å². The van der Waals surface area contributed by atoms with Gasteiger partial charge in [-0.3, -0.25) is 19.3 Å². The van der Waals surface area contributed by atoms with Crippen LogP contribution in [0.1, 0.15) is 17.2 Å². The SMILES string of the molecule is CN1C(=O)[C@@H]2ON(CCNS(=O)(=O)c3ccc(Cl)cc3)C(c3ccc(C(F)(F)F)cc3)[C@@H]2C1=O. The van der Waals surface area contributed by atoms with E-state index >= 15 is 0 Å². The number of hydroxylamine groups is 2. The summed E-state index contributed by atoms with van der Waals surface area (Å²) in [6.07, 6.45) is -5.68. The number of carbonyl (C=O) groups is 2. The molecule has 2 fully saturated rings. The summed E-state index contributed by atoms with van der Waals surface area (Å²) in [6, 6.07) is 8.85. The molecule has 2 aromatic rings. The Morgan fingerprint density at radius 3 is 2.24 bits per heavy atom. The van der Waals surface area contributed by atoms with E-state index in [9.17, 15) is 31.2 Å². The van der Waals surface area contributed by atoms with Gasteiger partial charge in [0.2, 0.25) is 15.9 Å². The van der Waals surface area contributed by atoms with E-state index in [2.05, 4.69) is 4.72 Å². The van der Waals surface area contributed by atoms with Crippen LogP contribution in [0.3, 0.4) is 0 Å². The number of nitrogens with one attached hydrogen (secondary N) is 1. The Labute approximate surface area is 198 Å². The van der Waals surface area contributed by atoms with Gasteiger partial charge in [-0.2, -0.15) is 18.2 Å². The molecule has 0 spiro atoms. The molecular formula is C21H19ClF3N3O5S. The summed E-state index contributed by atoms with van der Waals surface area (Å²) in [6.45, 7) is -0.227. The highest BCUT2D eigenvalue weighted by Gasteiger charge is 2.58. The monoisotopic (exact) mass is 517 g/mol. The van der Waals surface area contributed by atoms with Crippen LogP contribution in [0.25, 0.3) is 0 Å². The lowest BCUT2D eigenvalue weighted by atomic mass is 9.90. The molecule has 2 amide bonds. The lowest BCUT2D eigenvalue weighted by Crippen LogP contribution is -2.38. The number of imide groups is 1. The molecule has 2 aliphatic rings. The van der Waals surface area contributed by atoms with Crippen molar-refractivity contribution in [1.29, 1.82) is 0 Å². The van der Waals surface area contributed by atoms with Gasteiger partial charge in [-0.25, -0.2) is 13.1 Å². The zero-order valence-electron chi connectivity index (χ0n) is 17.6. The summed E-state index contributed by atoms with van der Waals surface area (Å²) in [5.41, 5.74) is -0.530. The first-order valence-corrected chi connectivity index (χ1v) is 11.9. The van der Waals surface area contributed by atoms with Crippen molar-refractivity contribution in [1.82, 2.24) is 14.7 Å². The normalized spacial score (nSPS) is 23.6. The summed E-state index contributed by atoms with van der Waals surface area (Å²) in [7, 11) is -2.57. The molecule has 0 bridgehead atoms. The molecule has 0 radical (unpaired) electrons. The molecule has 0 aromatic heterocycles. The number of carbonyl (C=O) groups excluding carboxylic acids is 2. The number of amides is 2. The van der Waals surface area contributed by atoms with Crippen LogP contribution in [0.2, 0.25) is 5.02 Å². The Bertz CT molecular complexity index is 1210. The van der Waals surface area contributed by atoms with Gasteiger partial charge in [0.25, 0.3) is 5.91 Å². The number of likely N-dealkylation sites (N-methyl/N-ethyl adjacent to an activating group) is 1. The Kier molecular flexibility index (Phi) is 6.46. The Morgan fingerprint density at radius 2 is 1.65 bits per heavy atom. The molecule has 2 aliphatic heterocycles. The number of likely N-dealkylation sites (tertiary alicyclic amines) is 1. The van der Waals surface area contributed by atoms with E-state index < -0.39 is 51.6 Å². The van der Waals surface area contributed by atoms with Gasteiger partial charge in [0, 0.05) is 25.2 Å². The molecule has 2 aromatic carbocycles. The van der Waals surface area contributed by atoms with Crippen LogP contribution in [-0.2, 0) is 30.6 Å². The second kappa shape index (κ2) is 8.93. The van der Waals surface area contributed by atoms with Gasteiger partial charge in [-0.15, -0.1) is 0 Å². The topological polar surface area (TPSA) is 96.0 Å². The fraction of sp³-hybridized carbons (Fsp3) is 0.333. The zero-order valence-corrected chi connectivity index (χ0v) is 19.2. The summed E-state index contributed by atoms with van der Waals surface area (Å²) in [5.74, 6) is -2.07. The lowest BCUT2D eigenvalue weighted by molar-refractivity contribution is -0.177. The first-order valence-electron chi connectivity index (χ1n) is 10.1. The van der Waals surface area contributed by atoms with Crippen molar-refractivity contribution < 1.29 is 36.0 Å². The summed E-state index contributed by atoms with van der Waals surface area (Å²) < 4.78 is 66.4. The van der Waals surface area contributed by atoms with E-state index in [4.69, 9.17) is 16.4 Å². The molecular weight excluding hydrogens is 499 g/mol. The Hall–Kier alpha value is -2.51. The molecule has 182 valence electrons. The molecule has 34 heavy (non-hydrogen) atoms. The van der Waals surface area contributed by atoms with E-state index in [1.54, 1.807) is 0 Å². The summed E-state index contributed by atoms with van der Waals surface area (Å²) >= 11 is 5.78. The molecule has 1 N–H and O–H groups in total. The highest BCUT2D eigenvalue weighted by molar-refractivity contribution is 7.89. The average Bonchev–Trinajstić information content (AvgIpc) is 3.25. The average molecular weight is 518 g/mol. The number of rotatable bonds is 6. The van der Waals surface area contributed by atoms with Crippen LogP contribution in [0.15, 0.2) is 53.4 Å². The van der Waals surface area contributed by atoms with Crippen molar-refractivity contribution in [3.05, 3.63) is 64.7 Å². The highest BCUT2D eigenvalue weighted by Crippen LogP contribution is 2.44. The van der Waals surface area contributed by atoms with Crippen molar-refractivity contribution in [2.45, 2.75) is 23.2 Å². The molecule has 8 nitrogen and oxygen atoms in total. The van der Waals surface area contributed by atoms with Gasteiger partial charge in [0.05, 0.1) is 22.4 Å². The number of fused-ring (bicyclic) bond motifs is 1. The van der Waals surface area contributed by atoms with Gasteiger partial charge >= 0.3 is 6.18 Å².